The maximum Gasteiger partial charge on any atom is 0.310 e. The average Bonchev–Trinajstić information content (AvgIpc) is 2.76. The summed E-state index contributed by atoms with van der Waals surface area (Å²) in [5.41, 5.74) is -2.25. The lowest BCUT2D eigenvalue weighted by Crippen LogP contribution is -2.57. The highest BCUT2D eigenvalue weighted by atomic mass is 16.4. The number of aliphatic carboxylic acids is 1. The molecular weight excluding hydrogens is 422 g/mol. The number of carboxylic acid groups (broad SMARTS) is 1. The zero-order valence-corrected chi connectivity index (χ0v) is 22.1. The number of hydrogen-bond acceptors (Lipinski definition) is 4. The van der Waals surface area contributed by atoms with E-state index in [4.69, 9.17) is 0 Å². The minimum absolute atomic E-state index is 0.0132. The number of carbonyl (C=O) groups is 4. The number of nitrogens with one attached hydrogen (secondary N) is 1. The van der Waals surface area contributed by atoms with E-state index in [0.29, 0.717) is 39.1 Å². The van der Waals surface area contributed by atoms with Crippen molar-refractivity contribution in [2.45, 2.75) is 75.2 Å². The van der Waals surface area contributed by atoms with Gasteiger partial charge < -0.3 is 20.2 Å². The Labute approximate surface area is 199 Å². The Morgan fingerprint density at radius 2 is 1.33 bits per heavy atom. The van der Waals surface area contributed by atoms with Crippen LogP contribution in [-0.4, -0.2) is 71.3 Å². The van der Waals surface area contributed by atoms with Crippen LogP contribution < -0.4 is 5.32 Å². The molecule has 1 aliphatic rings. The molecule has 8 nitrogen and oxygen atoms in total. The van der Waals surface area contributed by atoms with Gasteiger partial charge in [-0.05, 0) is 46.0 Å². The highest BCUT2D eigenvalue weighted by Gasteiger charge is 2.50. The van der Waals surface area contributed by atoms with E-state index in [-0.39, 0.29) is 35.0 Å². The number of rotatable bonds is 10. The van der Waals surface area contributed by atoms with Crippen molar-refractivity contribution in [2.75, 3.05) is 32.7 Å². The van der Waals surface area contributed by atoms with Gasteiger partial charge in [0.1, 0.15) is 0 Å². The van der Waals surface area contributed by atoms with E-state index in [2.05, 4.69) is 26.1 Å². The minimum Gasteiger partial charge on any atom is -0.481 e. The molecule has 0 saturated carbocycles. The zero-order chi connectivity index (χ0) is 25.8. The van der Waals surface area contributed by atoms with E-state index in [1.165, 1.54) is 0 Å². The van der Waals surface area contributed by atoms with Crippen molar-refractivity contribution in [3.05, 3.63) is 0 Å². The highest BCUT2D eigenvalue weighted by molar-refractivity contribution is 5.90. The van der Waals surface area contributed by atoms with E-state index < -0.39 is 16.8 Å². The summed E-state index contributed by atoms with van der Waals surface area (Å²) in [6, 6.07) is 0. The SMILES string of the molecule is CCC(C)(C)CNC(=O)C(C)CC(C)C(=O)N1CCN(C(=O)C(C)(C)C(C)(C)C(=O)O)CC1. The van der Waals surface area contributed by atoms with Crippen molar-refractivity contribution in [2.24, 2.45) is 28.1 Å². The van der Waals surface area contributed by atoms with Gasteiger partial charge >= 0.3 is 5.97 Å². The third-order valence-corrected chi connectivity index (χ3v) is 7.78. The summed E-state index contributed by atoms with van der Waals surface area (Å²) in [5, 5.41) is 12.5. The largest absolute Gasteiger partial charge is 0.481 e. The Balaban J connectivity index is 2.63. The van der Waals surface area contributed by atoms with Crippen LogP contribution in [0.25, 0.3) is 0 Å². The van der Waals surface area contributed by atoms with Crippen LogP contribution in [-0.2, 0) is 19.2 Å². The fraction of sp³-hybridized carbons (Fsp3) is 0.840. The van der Waals surface area contributed by atoms with Gasteiger partial charge in [-0.25, -0.2) is 0 Å². The van der Waals surface area contributed by atoms with Crippen LogP contribution in [0.1, 0.15) is 75.2 Å². The molecule has 0 aromatic heterocycles. The Hall–Kier alpha value is -2.12. The lowest BCUT2D eigenvalue weighted by Gasteiger charge is -2.43. The Morgan fingerprint density at radius 3 is 1.79 bits per heavy atom. The first-order chi connectivity index (χ1) is 15.0. The summed E-state index contributed by atoms with van der Waals surface area (Å²) in [6.45, 7) is 18.6. The van der Waals surface area contributed by atoms with Crippen molar-refractivity contribution >= 4 is 23.7 Å². The molecule has 8 heteroatoms. The van der Waals surface area contributed by atoms with Crippen LogP contribution in [0, 0.1) is 28.1 Å². The molecule has 190 valence electrons. The molecule has 1 rings (SSSR count). The molecule has 0 aromatic rings. The normalized spacial score (nSPS) is 17.4. The average molecular weight is 468 g/mol. The van der Waals surface area contributed by atoms with Crippen LogP contribution in [0.15, 0.2) is 0 Å². The number of hydrogen-bond donors (Lipinski definition) is 2. The molecule has 2 N–H and O–H groups in total. The molecule has 33 heavy (non-hydrogen) atoms. The monoisotopic (exact) mass is 467 g/mol. The molecule has 1 aliphatic heterocycles. The number of piperazine rings is 1. The lowest BCUT2D eigenvalue weighted by molar-refractivity contribution is -0.165. The van der Waals surface area contributed by atoms with Crippen molar-refractivity contribution in [3.8, 4) is 0 Å². The molecule has 0 aromatic carbocycles. The van der Waals surface area contributed by atoms with E-state index in [1.807, 2.05) is 13.8 Å². The Morgan fingerprint density at radius 1 is 0.848 bits per heavy atom. The third-order valence-electron chi connectivity index (χ3n) is 7.78. The summed E-state index contributed by atoms with van der Waals surface area (Å²) in [7, 11) is 0. The van der Waals surface area contributed by atoms with Crippen molar-refractivity contribution in [1.82, 2.24) is 15.1 Å². The quantitative estimate of drug-likeness (QED) is 0.514. The highest BCUT2D eigenvalue weighted by Crippen LogP contribution is 2.40. The van der Waals surface area contributed by atoms with Crippen molar-refractivity contribution < 1.29 is 24.3 Å². The number of carbonyl (C=O) groups excluding carboxylic acids is 3. The molecule has 1 fully saturated rings. The first-order valence-electron chi connectivity index (χ1n) is 12.1. The fourth-order valence-corrected chi connectivity index (χ4v) is 3.74. The molecule has 1 saturated heterocycles. The second kappa shape index (κ2) is 10.9. The maximum atomic E-state index is 13.1. The van der Waals surface area contributed by atoms with Crippen LogP contribution in [0.2, 0.25) is 0 Å². The summed E-state index contributed by atoms with van der Waals surface area (Å²) < 4.78 is 0. The molecular formula is C25H45N3O5. The standard InChI is InChI=1S/C25H45N3O5/c1-10-23(4,5)16-26-19(29)17(2)15-18(3)20(30)27-11-13-28(14-12-27)21(31)24(6,7)25(8,9)22(32)33/h17-18H,10-16H2,1-9H3,(H,26,29)(H,32,33). The van der Waals surface area contributed by atoms with Gasteiger partial charge in [-0.2, -0.15) is 0 Å². The van der Waals surface area contributed by atoms with E-state index >= 15 is 0 Å². The smallest absolute Gasteiger partial charge is 0.310 e. The summed E-state index contributed by atoms with van der Waals surface area (Å²) in [4.78, 5) is 53.5. The second-order valence-corrected chi connectivity index (χ2v) is 11.4. The Bertz CT molecular complexity index is 736. The predicted octanol–water partition coefficient (Wildman–Crippen LogP) is 3.01. The van der Waals surface area contributed by atoms with E-state index in [1.54, 1.807) is 37.5 Å². The van der Waals surface area contributed by atoms with Gasteiger partial charge in [0.15, 0.2) is 0 Å². The zero-order valence-electron chi connectivity index (χ0n) is 22.1. The van der Waals surface area contributed by atoms with Crippen LogP contribution in [0.4, 0.5) is 0 Å². The Kier molecular flexibility index (Phi) is 9.52. The van der Waals surface area contributed by atoms with Gasteiger partial charge in [0.25, 0.3) is 0 Å². The van der Waals surface area contributed by atoms with Gasteiger partial charge in [-0.1, -0.05) is 34.6 Å². The number of carboxylic acids is 1. The molecule has 0 bridgehead atoms. The van der Waals surface area contributed by atoms with Gasteiger partial charge in [-0.3, -0.25) is 19.2 Å². The van der Waals surface area contributed by atoms with Gasteiger partial charge in [0.05, 0.1) is 10.8 Å². The minimum atomic E-state index is -1.21. The van der Waals surface area contributed by atoms with Crippen molar-refractivity contribution in [1.29, 1.82) is 0 Å². The molecule has 1 heterocycles. The molecule has 3 amide bonds. The number of amides is 3. The third kappa shape index (κ3) is 6.93. The molecule has 2 atom stereocenters. The lowest BCUT2D eigenvalue weighted by atomic mass is 9.67. The van der Waals surface area contributed by atoms with Gasteiger partial charge in [0, 0.05) is 44.6 Å². The first kappa shape index (κ1) is 28.9. The fourth-order valence-electron chi connectivity index (χ4n) is 3.74. The van der Waals surface area contributed by atoms with Gasteiger partial charge in [0.2, 0.25) is 17.7 Å². The molecule has 0 spiro atoms. The topological polar surface area (TPSA) is 107 Å². The second-order valence-electron chi connectivity index (χ2n) is 11.4. The van der Waals surface area contributed by atoms with Gasteiger partial charge in [-0.15, -0.1) is 0 Å². The van der Waals surface area contributed by atoms with Crippen LogP contribution in [0.3, 0.4) is 0 Å². The van der Waals surface area contributed by atoms with Crippen LogP contribution >= 0.6 is 0 Å². The summed E-state index contributed by atoms with van der Waals surface area (Å²) >= 11 is 0. The van der Waals surface area contributed by atoms with E-state index in [9.17, 15) is 24.3 Å². The molecule has 0 aliphatic carbocycles. The maximum absolute atomic E-state index is 13.1. The molecule has 2 unspecified atom stereocenters. The predicted molar refractivity (Wildman–Crippen MR) is 128 cm³/mol. The summed E-state index contributed by atoms with van der Waals surface area (Å²) in [5.74, 6) is -1.83. The van der Waals surface area contributed by atoms with Crippen LogP contribution in [0.5, 0.6) is 0 Å². The van der Waals surface area contributed by atoms with E-state index in [0.717, 1.165) is 6.42 Å². The van der Waals surface area contributed by atoms with Crippen molar-refractivity contribution in [3.63, 3.8) is 0 Å². The summed E-state index contributed by atoms with van der Waals surface area (Å²) in [6.07, 6.45) is 1.44. The molecule has 0 radical (unpaired) electrons. The first-order valence-corrected chi connectivity index (χ1v) is 12.1. The number of nitrogens with zero attached hydrogens (tertiary/aromatic N) is 2.